The summed E-state index contributed by atoms with van der Waals surface area (Å²) in [5.74, 6) is 0.263. The number of urea groups is 1. The molecule has 1 saturated heterocycles. The van der Waals surface area contributed by atoms with E-state index < -0.39 is 0 Å². The second kappa shape index (κ2) is 6.28. The smallest absolute Gasteiger partial charge is 0.321 e. The van der Waals surface area contributed by atoms with Gasteiger partial charge in [-0.1, -0.05) is 0 Å². The molecule has 0 aromatic carbocycles. The van der Waals surface area contributed by atoms with Gasteiger partial charge < -0.3 is 14.8 Å². The molecular formula is C16H21N5O2. The Hall–Kier alpha value is -2.57. The zero-order valence-corrected chi connectivity index (χ0v) is 13.4. The average molecular weight is 315 g/mol. The molecule has 0 aliphatic carbocycles. The van der Waals surface area contributed by atoms with Crippen LogP contribution in [0, 0.1) is 0 Å². The van der Waals surface area contributed by atoms with Crippen molar-refractivity contribution in [3.05, 3.63) is 46.6 Å². The largest absolute Gasteiger partial charge is 0.324 e. The van der Waals surface area contributed by atoms with Gasteiger partial charge >= 0.3 is 6.03 Å². The van der Waals surface area contributed by atoms with Gasteiger partial charge in [-0.05, 0) is 25.0 Å². The highest BCUT2D eigenvalue weighted by molar-refractivity contribution is 5.89. The molecule has 23 heavy (non-hydrogen) atoms. The van der Waals surface area contributed by atoms with Gasteiger partial charge in [0, 0.05) is 57.3 Å². The van der Waals surface area contributed by atoms with Crippen LogP contribution in [0.15, 0.2) is 35.4 Å². The van der Waals surface area contributed by atoms with Gasteiger partial charge in [-0.15, -0.1) is 0 Å². The highest BCUT2D eigenvalue weighted by Crippen LogP contribution is 2.25. The first kappa shape index (κ1) is 15.3. The standard InChI is InChI=1S/C16H21N5O2/c1-19-8-5-13(10-15(19)22)17-16(23)21-7-3-4-12(11-21)14-6-9-20(2)18-14/h5-6,8-10,12H,3-4,7,11H2,1-2H3,(H,17,23). The molecule has 1 fully saturated rings. The second-order valence-electron chi connectivity index (χ2n) is 5.99. The Morgan fingerprint density at radius 3 is 2.83 bits per heavy atom. The Morgan fingerprint density at radius 1 is 1.30 bits per heavy atom. The molecule has 1 atom stereocenters. The van der Waals surface area contributed by atoms with E-state index in [1.807, 2.05) is 19.3 Å². The summed E-state index contributed by atoms with van der Waals surface area (Å²) in [7, 11) is 3.57. The minimum atomic E-state index is -0.168. The van der Waals surface area contributed by atoms with Gasteiger partial charge in [0.1, 0.15) is 0 Å². The molecule has 1 N–H and O–H groups in total. The number of amides is 2. The first-order chi connectivity index (χ1) is 11.0. The van der Waals surface area contributed by atoms with Crippen LogP contribution in [0.5, 0.6) is 0 Å². The number of likely N-dealkylation sites (tertiary alicyclic amines) is 1. The minimum Gasteiger partial charge on any atom is -0.324 e. The summed E-state index contributed by atoms with van der Waals surface area (Å²) >= 11 is 0. The first-order valence-corrected chi connectivity index (χ1v) is 7.75. The predicted octanol–water partition coefficient (Wildman–Crippen LogP) is 1.53. The monoisotopic (exact) mass is 315 g/mol. The third-order valence-corrected chi connectivity index (χ3v) is 4.22. The zero-order chi connectivity index (χ0) is 16.4. The van der Waals surface area contributed by atoms with Crippen molar-refractivity contribution in [2.24, 2.45) is 14.1 Å². The molecule has 3 rings (SSSR count). The first-order valence-electron chi connectivity index (χ1n) is 7.75. The maximum Gasteiger partial charge on any atom is 0.321 e. The third kappa shape index (κ3) is 3.44. The van der Waals surface area contributed by atoms with Gasteiger partial charge in [-0.25, -0.2) is 4.79 Å². The van der Waals surface area contributed by atoms with Crippen LogP contribution < -0.4 is 10.9 Å². The highest BCUT2D eigenvalue weighted by Gasteiger charge is 2.26. The molecule has 3 heterocycles. The highest BCUT2D eigenvalue weighted by atomic mass is 16.2. The molecule has 0 radical (unpaired) electrons. The Labute approximate surface area is 134 Å². The van der Waals surface area contributed by atoms with Gasteiger partial charge in [0.05, 0.1) is 5.69 Å². The number of nitrogens with one attached hydrogen (secondary N) is 1. The summed E-state index contributed by atoms with van der Waals surface area (Å²) in [6.07, 6.45) is 5.55. The molecule has 1 aliphatic rings. The van der Waals surface area contributed by atoms with E-state index in [1.54, 1.807) is 28.9 Å². The SMILES string of the molecule is Cn1ccc(C2CCCN(C(=O)Nc3ccn(C)c(=O)c3)C2)n1. The summed E-state index contributed by atoms with van der Waals surface area (Å²) in [6, 6.07) is 4.99. The van der Waals surface area contributed by atoms with Crippen molar-refractivity contribution in [2.45, 2.75) is 18.8 Å². The van der Waals surface area contributed by atoms with E-state index in [9.17, 15) is 9.59 Å². The fraction of sp³-hybridized carbons (Fsp3) is 0.438. The summed E-state index contributed by atoms with van der Waals surface area (Å²) in [5, 5.41) is 7.25. The molecule has 0 bridgehead atoms. The fourth-order valence-electron chi connectivity index (χ4n) is 2.88. The van der Waals surface area contributed by atoms with Crippen molar-refractivity contribution in [3.8, 4) is 0 Å². The van der Waals surface area contributed by atoms with Crippen molar-refractivity contribution >= 4 is 11.7 Å². The quantitative estimate of drug-likeness (QED) is 0.913. The Kier molecular flexibility index (Phi) is 4.18. The lowest BCUT2D eigenvalue weighted by atomic mass is 9.95. The van der Waals surface area contributed by atoms with Crippen molar-refractivity contribution in [3.63, 3.8) is 0 Å². The summed E-state index contributed by atoms with van der Waals surface area (Å²) in [4.78, 5) is 25.8. The number of nitrogens with zero attached hydrogens (tertiary/aromatic N) is 4. The third-order valence-electron chi connectivity index (χ3n) is 4.22. The average Bonchev–Trinajstić information content (AvgIpc) is 2.98. The number of pyridine rings is 1. The summed E-state index contributed by atoms with van der Waals surface area (Å²) in [5.41, 5.74) is 1.41. The zero-order valence-electron chi connectivity index (χ0n) is 13.4. The lowest BCUT2D eigenvalue weighted by Gasteiger charge is -2.32. The van der Waals surface area contributed by atoms with E-state index in [4.69, 9.17) is 0 Å². The van der Waals surface area contributed by atoms with E-state index in [0.717, 1.165) is 25.1 Å². The number of hydrogen-bond donors (Lipinski definition) is 1. The number of piperidine rings is 1. The maximum atomic E-state index is 12.4. The summed E-state index contributed by atoms with van der Waals surface area (Å²) in [6.45, 7) is 1.37. The number of carbonyl (C=O) groups is 1. The fourth-order valence-corrected chi connectivity index (χ4v) is 2.88. The Morgan fingerprint density at radius 2 is 2.13 bits per heavy atom. The normalized spacial score (nSPS) is 18.0. The number of rotatable bonds is 2. The van der Waals surface area contributed by atoms with Crippen LogP contribution in [-0.2, 0) is 14.1 Å². The number of aromatic nitrogens is 3. The van der Waals surface area contributed by atoms with Crippen LogP contribution in [0.3, 0.4) is 0 Å². The van der Waals surface area contributed by atoms with Crippen molar-refractivity contribution in [1.29, 1.82) is 0 Å². The van der Waals surface area contributed by atoms with Crippen LogP contribution in [0.2, 0.25) is 0 Å². The molecule has 1 unspecified atom stereocenters. The van der Waals surface area contributed by atoms with Crippen LogP contribution >= 0.6 is 0 Å². The second-order valence-corrected chi connectivity index (χ2v) is 5.99. The molecule has 2 amide bonds. The molecule has 122 valence electrons. The molecule has 0 saturated carbocycles. The predicted molar refractivity (Wildman–Crippen MR) is 87.5 cm³/mol. The Balaban J connectivity index is 1.67. The van der Waals surface area contributed by atoms with E-state index in [2.05, 4.69) is 10.4 Å². The molecule has 2 aromatic heterocycles. The van der Waals surface area contributed by atoms with E-state index in [0.29, 0.717) is 12.2 Å². The molecule has 0 spiro atoms. The Bertz CT molecular complexity index is 764. The van der Waals surface area contributed by atoms with Crippen LogP contribution in [0.1, 0.15) is 24.5 Å². The van der Waals surface area contributed by atoms with Crippen LogP contribution in [0.4, 0.5) is 10.5 Å². The number of anilines is 1. The van der Waals surface area contributed by atoms with Gasteiger partial charge in [-0.2, -0.15) is 5.10 Å². The molecule has 7 nitrogen and oxygen atoms in total. The molecule has 1 aliphatic heterocycles. The van der Waals surface area contributed by atoms with E-state index in [-0.39, 0.29) is 17.5 Å². The molecule has 7 heteroatoms. The minimum absolute atomic E-state index is 0.146. The van der Waals surface area contributed by atoms with Crippen LogP contribution in [0.25, 0.3) is 0 Å². The van der Waals surface area contributed by atoms with Crippen LogP contribution in [-0.4, -0.2) is 38.4 Å². The maximum absolute atomic E-state index is 12.4. The van der Waals surface area contributed by atoms with Crippen molar-refractivity contribution in [2.75, 3.05) is 18.4 Å². The molecule has 2 aromatic rings. The summed E-state index contributed by atoms with van der Waals surface area (Å²) < 4.78 is 3.25. The molecular weight excluding hydrogens is 294 g/mol. The lowest BCUT2D eigenvalue weighted by molar-refractivity contribution is 0.192. The van der Waals surface area contributed by atoms with Crippen molar-refractivity contribution in [1.82, 2.24) is 19.2 Å². The topological polar surface area (TPSA) is 72.2 Å². The van der Waals surface area contributed by atoms with E-state index >= 15 is 0 Å². The number of hydrogen-bond acceptors (Lipinski definition) is 3. The van der Waals surface area contributed by atoms with E-state index in [1.165, 1.54) is 10.6 Å². The van der Waals surface area contributed by atoms with Gasteiger partial charge in [0.2, 0.25) is 0 Å². The van der Waals surface area contributed by atoms with Gasteiger partial charge in [-0.3, -0.25) is 9.48 Å². The number of aryl methyl sites for hydroxylation is 2. The number of carbonyl (C=O) groups excluding carboxylic acids is 1. The van der Waals surface area contributed by atoms with Gasteiger partial charge in [0.25, 0.3) is 5.56 Å². The lowest BCUT2D eigenvalue weighted by Crippen LogP contribution is -2.41. The van der Waals surface area contributed by atoms with Gasteiger partial charge in [0.15, 0.2) is 0 Å². The van der Waals surface area contributed by atoms with Crippen molar-refractivity contribution < 1.29 is 4.79 Å².